The molecule has 0 heterocycles. The minimum absolute atomic E-state index is 0.723. The summed E-state index contributed by atoms with van der Waals surface area (Å²) >= 11 is 6.88. The maximum absolute atomic E-state index is 5.40. The molecule has 4 heteroatoms. The van der Waals surface area contributed by atoms with Gasteiger partial charge in [0.25, 0.3) is 0 Å². The molecule has 72 valence electrons. The van der Waals surface area contributed by atoms with Crippen molar-refractivity contribution < 1.29 is 0 Å². The minimum atomic E-state index is 0.723. The maximum atomic E-state index is 5.40. The Morgan fingerprint density at radius 1 is 1.31 bits per heavy atom. The van der Waals surface area contributed by atoms with Crippen LogP contribution in [0.1, 0.15) is 6.42 Å². The topological polar surface area (TPSA) is 38.0 Å². The van der Waals surface area contributed by atoms with Crippen LogP contribution < -0.4 is 11.1 Å². The summed E-state index contributed by atoms with van der Waals surface area (Å²) < 4.78 is 2.14. The zero-order chi connectivity index (χ0) is 9.68. The summed E-state index contributed by atoms with van der Waals surface area (Å²) in [6.45, 7) is 1.64. The molecule has 0 aromatic heterocycles. The number of hydrogen-bond donors (Lipinski definition) is 2. The van der Waals surface area contributed by atoms with Gasteiger partial charge in [0.15, 0.2) is 0 Å². The van der Waals surface area contributed by atoms with Gasteiger partial charge in [-0.1, -0.05) is 15.9 Å². The van der Waals surface area contributed by atoms with Gasteiger partial charge >= 0.3 is 0 Å². The van der Waals surface area contributed by atoms with E-state index in [9.17, 15) is 0 Å². The van der Waals surface area contributed by atoms with Crippen molar-refractivity contribution in [3.8, 4) is 0 Å². The number of halogens is 2. The van der Waals surface area contributed by atoms with E-state index < -0.39 is 0 Å². The third-order valence-electron chi connectivity index (χ3n) is 1.63. The van der Waals surface area contributed by atoms with Crippen molar-refractivity contribution in [1.29, 1.82) is 0 Å². The van der Waals surface area contributed by atoms with Crippen LogP contribution in [0.3, 0.4) is 0 Å². The van der Waals surface area contributed by atoms with E-state index in [4.69, 9.17) is 5.73 Å². The molecule has 0 aliphatic rings. The van der Waals surface area contributed by atoms with Gasteiger partial charge in [0, 0.05) is 21.2 Å². The Bertz CT molecular complexity index is 276. The maximum Gasteiger partial charge on any atom is 0.0485 e. The molecule has 2 nitrogen and oxygen atoms in total. The Hall–Kier alpha value is -0.0600. The van der Waals surface area contributed by atoms with E-state index in [2.05, 4.69) is 37.2 Å². The zero-order valence-electron chi connectivity index (χ0n) is 7.19. The molecule has 1 aromatic carbocycles. The molecule has 13 heavy (non-hydrogen) atoms. The van der Waals surface area contributed by atoms with E-state index in [1.807, 2.05) is 18.2 Å². The molecule has 1 rings (SSSR count). The monoisotopic (exact) mass is 306 g/mol. The quantitative estimate of drug-likeness (QED) is 0.839. The average molecular weight is 308 g/mol. The standard InChI is InChI=1S/C9H12Br2N2/c10-7-2-3-9(8(11)6-7)13-5-1-4-12/h2-3,6,13H,1,4-5,12H2. The van der Waals surface area contributed by atoms with Gasteiger partial charge in [0.05, 0.1) is 0 Å². The number of benzene rings is 1. The molecule has 1 aromatic rings. The van der Waals surface area contributed by atoms with E-state index in [1.54, 1.807) is 0 Å². The number of hydrogen-bond acceptors (Lipinski definition) is 2. The fraction of sp³-hybridized carbons (Fsp3) is 0.333. The van der Waals surface area contributed by atoms with Crippen LogP contribution in [-0.4, -0.2) is 13.1 Å². The highest BCUT2D eigenvalue weighted by atomic mass is 79.9. The van der Waals surface area contributed by atoms with Crippen LogP contribution in [0.25, 0.3) is 0 Å². The first-order valence-electron chi connectivity index (χ1n) is 4.13. The van der Waals surface area contributed by atoms with E-state index in [1.165, 1.54) is 0 Å². The molecule has 0 aliphatic heterocycles. The average Bonchev–Trinajstić information content (AvgIpc) is 2.09. The predicted molar refractivity (Wildman–Crippen MR) is 64.0 cm³/mol. The van der Waals surface area contributed by atoms with E-state index in [-0.39, 0.29) is 0 Å². The van der Waals surface area contributed by atoms with Gasteiger partial charge in [-0.2, -0.15) is 0 Å². The summed E-state index contributed by atoms with van der Waals surface area (Å²) in [5, 5.41) is 3.29. The highest BCUT2D eigenvalue weighted by molar-refractivity contribution is 9.11. The predicted octanol–water partition coefficient (Wildman–Crippen LogP) is 2.97. The fourth-order valence-corrected chi connectivity index (χ4v) is 2.15. The van der Waals surface area contributed by atoms with Crippen LogP contribution in [0.15, 0.2) is 27.1 Å². The number of nitrogens with two attached hydrogens (primary N) is 1. The second kappa shape index (κ2) is 5.62. The first kappa shape index (κ1) is 11.0. The van der Waals surface area contributed by atoms with E-state index in [0.717, 1.165) is 34.1 Å². The second-order valence-electron chi connectivity index (χ2n) is 2.69. The van der Waals surface area contributed by atoms with Crippen LogP contribution in [0.5, 0.6) is 0 Å². The smallest absolute Gasteiger partial charge is 0.0485 e. The van der Waals surface area contributed by atoms with Crippen LogP contribution in [-0.2, 0) is 0 Å². The third kappa shape index (κ3) is 3.67. The van der Waals surface area contributed by atoms with Gasteiger partial charge in [-0.15, -0.1) is 0 Å². The number of rotatable bonds is 4. The van der Waals surface area contributed by atoms with Crippen molar-refractivity contribution in [2.24, 2.45) is 5.73 Å². The lowest BCUT2D eigenvalue weighted by Crippen LogP contribution is -2.08. The van der Waals surface area contributed by atoms with Gasteiger partial charge in [-0.25, -0.2) is 0 Å². The SMILES string of the molecule is NCCCNc1ccc(Br)cc1Br. The molecule has 0 unspecified atom stereocenters. The molecule has 0 fully saturated rings. The molecule has 0 saturated heterocycles. The molecule has 0 amide bonds. The Morgan fingerprint density at radius 3 is 2.69 bits per heavy atom. The Kier molecular flexibility index (Phi) is 4.77. The third-order valence-corrected chi connectivity index (χ3v) is 2.78. The van der Waals surface area contributed by atoms with Gasteiger partial charge in [0.2, 0.25) is 0 Å². The molecule has 0 atom stereocenters. The van der Waals surface area contributed by atoms with Gasteiger partial charge < -0.3 is 11.1 Å². The lowest BCUT2D eigenvalue weighted by Gasteiger charge is -2.07. The van der Waals surface area contributed by atoms with Crippen LogP contribution in [0, 0.1) is 0 Å². The molecular formula is C9H12Br2N2. The summed E-state index contributed by atoms with van der Waals surface area (Å²) in [5.74, 6) is 0. The van der Waals surface area contributed by atoms with Crippen molar-refractivity contribution in [1.82, 2.24) is 0 Å². The molecule has 0 aliphatic carbocycles. The van der Waals surface area contributed by atoms with Crippen molar-refractivity contribution in [2.45, 2.75) is 6.42 Å². The highest BCUT2D eigenvalue weighted by Crippen LogP contribution is 2.25. The van der Waals surface area contributed by atoms with Gasteiger partial charge in [-0.05, 0) is 47.1 Å². The normalized spacial score (nSPS) is 10.1. The van der Waals surface area contributed by atoms with Crippen molar-refractivity contribution in [3.63, 3.8) is 0 Å². The van der Waals surface area contributed by atoms with E-state index in [0.29, 0.717) is 0 Å². The van der Waals surface area contributed by atoms with Crippen LogP contribution >= 0.6 is 31.9 Å². The Balaban J connectivity index is 2.56. The Labute approximate surface area is 95.2 Å². The summed E-state index contributed by atoms with van der Waals surface area (Å²) in [6.07, 6.45) is 0.989. The molecule has 0 radical (unpaired) electrons. The van der Waals surface area contributed by atoms with Crippen LogP contribution in [0.2, 0.25) is 0 Å². The lowest BCUT2D eigenvalue weighted by atomic mass is 10.3. The minimum Gasteiger partial charge on any atom is -0.384 e. The summed E-state index contributed by atoms with van der Waals surface area (Å²) in [6, 6.07) is 6.06. The summed E-state index contributed by atoms with van der Waals surface area (Å²) in [7, 11) is 0. The summed E-state index contributed by atoms with van der Waals surface area (Å²) in [5.41, 5.74) is 6.50. The fourth-order valence-electron chi connectivity index (χ4n) is 0.958. The van der Waals surface area contributed by atoms with Crippen molar-refractivity contribution in [2.75, 3.05) is 18.4 Å². The van der Waals surface area contributed by atoms with E-state index >= 15 is 0 Å². The molecule has 0 saturated carbocycles. The van der Waals surface area contributed by atoms with Gasteiger partial charge in [0.1, 0.15) is 0 Å². The number of nitrogens with one attached hydrogen (secondary N) is 1. The first-order valence-corrected chi connectivity index (χ1v) is 5.71. The molecular weight excluding hydrogens is 296 g/mol. The second-order valence-corrected chi connectivity index (χ2v) is 4.46. The van der Waals surface area contributed by atoms with Crippen LogP contribution in [0.4, 0.5) is 5.69 Å². The lowest BCUT2D eigenvalue weighted by molar-refractivity contribution is 0.874. The molecule has 3 N–H and O–H groups in total. The first-order chi connectivity index (χ1) is 6.24. The van der Waals surface area contributed by atoms with Crippen molar-refractivity contribution in [3.05, 3.63) is 27.1 Å². The summed E-state index contributed by atoms with van der Waals surface area (Å²) in [4.78, 5) is 0. The Morgan fingerprint density at radius 2 is 2.08 bits per heavy atom. The number of anilines is 1. The van der Waals surface area contributed by atoms with Crippen molar-refractivity contribution >= 4 is 37.5 Å². The molecule has 0 spiro atoms. The highest BCUT2D eigenvalue weighted by Gasteiger charge is 1.98. The largest absolute Gasteiger partial charge is 0.384 e. The van der Waals surface area contributed by atoms with Gasteiger partial charge in [-0.3, -0.25) is 0 Å². The zero-order valence-corrected chi connectivity index (χ0v) is 10.4. The molecule has 0 bridgehead atoms.